The zero-order chi connectivity index (χ0) is 12.8. The van der Waals surface area contributed by atoms with Crippen LogP contribution in [0, 0.1) is 0 Å². The zero-order valence-corrected chi connectivity index (χ0v) is 10.2. The second-order valence-corrected chi connectivity index (χ2v) is 4.35. The number of aliphatic hydroxyl groups excluding tert-OH is 1. The number of benzene rings is 1. The van der Waals surface area contributed by atoms with Crippen molar-refractivity contribution in [3.63, 3.8) is 0 Å². The smallest absolute Gasteiger partial charge is 0.119 e. The minimum atomic E-state index is -0.636. The van der Waals surface area contributed by atoms with Gasteiger partial charge in [-0.15, -0.1) is 0 Å². The molecule has 1 saturated heterocycles. The first-order valence-corrected chi connectivity index (χ1v) is 6.10. The lowest BCUT2D eigenvalue weighted by molar-refractivity contribution is -0.0264. The van der Waals surface area contributed by atoms with Crippen molar-refractivity contribution in [3.8, 4) is 5.75 Å². The predicted molar refractivity (Wildman–Crippen MR) is 67.5 cm³/mol. The fraction of sp³-hybridized carbons (Fsp3) is 0.538. The molecule has 0 amide bonds. The van der Waals surface area contributed by atoms with Crippen LogP contribution in [0.15, 0.2) is 24.3 Å². The van der Waals surface area contributed by atoms with Crippen molar-refractivity contribution in [2.45, 2.75) is 18.6 Å². The summed E-state index contributed by atoms with van der Waals surface area (Å²) in [6.45, 7) is 1.83. The molecule has 0 saturated carbocycles. The average molecular weight is 253 g/mol. The van der Waals surface area contributed by atoms with Crippen LogP contribution in [0.25, 0.3) is 0 Å². The Balaban J connectivity index is 1.64. The van der Waals surface area contributed by atoms with E-state index in [1.165, 1.54) is 0 Å². The van der Waals surface area contributed by atoms with Gasteiger partial charge in [0.2, 0.25) is 0 Å². The molecule has 18 heavy (non-hydrogen) atoms. The second kappa shape index (κ2) is 6.58. The summed E-state index contributed by atoms with van der Waals surface area (Å²) >= 11 is 0. The van der Waals surface area contributed by atoms with Gasteiger partial charge in [0.25, 0.3) is 0 Å². The van der Waals surface area contributed by atoms with Crippen molar-refractivity contribution in [1.82, 2.24) is 0 Å². The van der Waals surface area contributed by atoms with E-state index < -0.39 is 6.10 Å². The van der Waals surface area contributed by atoms with Crippen molar-refractivity contribution in [1.29, 1.82) is 0 Å². The molecule has 5 nitrogen and oxygen atoms in total. The third kappa shape index (κ3) is 4.18. The first-order chi connectivity index (χ1) is 8.74. The molecular weight excluding hydrogens is 234 g/mol. The van der Waals surface area contributed by atoms with Gasteiger partial charge >= 0.3 is 0 Å². The Labute approximate surface area is 106 Å². The molecule has 2 rings (SSSR count). The van der Waals surface area contributed by atoms with Crippen molar-refractivity contribution >= 4 is 5.69 Å². The SMILES string of the molecule is Nc1ccc(OCC(O)COC2CCOC2)cc1. The van der Waals surface area contributed by atoms with Gasteiger partial charge in [0.1, 0.15) is 18.5 Å². The van der Waals surface area contributed by atoms with E-state index in [2.05, 4.69) is 0 Å². The van der Waals surface area contributed by atoms with Gasteiger partial charge in [0.15, 0.2) is 0 Å². The highest BCUT2D eigenvalue weighted by atomic mass is 16.6. The van der Waals surface area contributed by atoms with E-state index in [0.29, 0.717) is 18.0 Å². The fourth-order valence-corrected chi connectivity index (χ4v) is 1.70. The van der Waals surface area contributed by atoms with Gasteiger partial charge in [-0.3, -0.25) is 0 Å². The highest BCUT2D eigenvalue weighted by molar-refractivity contribution is 5.41. The Kier molecular flexibility index (Phi) is 4.81. The van der Waals surface area contributed by atoms with E-state index in [1.807, 2.05) is 0 Å². The molecule has 100 valence electrons. The van der Waals surface area contributed by atoms with Crippen LogP contribution in [0.2, 0.25) is 0 Å². The molecular formula is C13H19NO4. The highest BCUT2D eigenvalue weighted by Crippen LogP contribution is 2.13. The molecule has 0 aliphatic carbocycles. The number of rotatable bonds is 6. The maximum absolute atomic E-state index is 9.71. The molecule has 0 bridgehead atoms. The van der Waals surface area contributed by atoms with E-state index in [-0.39, 0.29) is 19.3 Å². The lowest BCUT2D eigenvalue weighted by Crippen LogP contribution is -2.27. The topological polar surface area (TPSA) is 73.9 Å². The van der Waals surface area contributed by atoms with Crippen LogP contribution in [0.4, 0.5) is 5.69 Å². The zero-order valence-electron chi connectivity index (χ0n) is 10.2. The fourth-order valence-electron chi connectivity index (χ4n) is 1.70. The molecule has 2 unspecified atom stereocenters. The highest BCUT2D eigenvalue weighted by Gasteiger charge is 2.17. The van der Waals surface area contributed by atoms with Crippen LogP contribution in [0.3, 0.4) is 0 Å². The van der Waals surface area contributed by atoms with E-state index in [9.17, 15) is 5.11 Å². The van der Waals surface area contributed by atoms with E-state index in [1.54, 1.807) is 24.3 Å². The van der Waals surface area contributed by atoms with Crippen LogP contribution in [0.5, 0.6) is 5.75 Å². The summed E-state index contributed by atoms with van der Waals surface area (Å²) in [4.78, 5) is 0. The average Bonchev–Trinajstić information content (AvgIpc) is 2.89. The molecule has 1 aromatic carbocycles. The quantitative estimate of drug-likeness (QED) is 0.734. The van der Waals surface area contributed by atoms with Gasteiger partial charge in [0, 0.05) is 12.3 Å². The monoisotopic (exact) mass is 253 g/mol. The Morgan fingerprint density at radius 2 is 2.11 bits per heavy atom. The summed E-state index contributed by atoms with van der Waals surface area (Å²) in [7, 11) is 0. The van der Waals surface area contributed by atoms with Crippen LogP contribution in [-0.2, 0) is 9.47 Å². The van der Waals surface area contributed by atoms with Gasteiger partial charge in [-0.1, -0.05) is 0 Å². The minimum Gasteiger partial charge on any atom is -0.491 e. The summed E-state index contributed by atoms with van der Waals surface area (Å²) in [6.07, 6.45) is 0.366. The second-order valence-electron chi connectivity index (χ2n) is 4.35. The predicted octanol–water partition coefficient (Wildman–Crippen LogP) is 0.814. The standard InChI is InChI=1S/C13H19NO4/c14-10-1-3-12(4-2-10)17-7-11(15)8-18-13-5-6-16-9-13/h1-4,11,13,15H,5-9,14H2. The van der Waals surface area contributed by atoms with Crippen molar-refractivity contribution in [2.24, 2.45) is 0 Å². The summed E-state index contributed by atoms with van der Waals surface area (Å²) in [6, 6.07) is 7.06. The first kappa shape index (κ1) is 13.1. The van der Waals surface area contributed by atoms with E-state index >= 15 is 0 Å². The Bertz CT molecular complexity index is 349. The number of nitrogens with two attached hydrogens (primary N) is 1. The number of hydrogen-bond donors (Lipinski definition) is 2. The van der Waals surface area contributed by atoms with E-state index in [0.717, 1.165) is 13.0 Å². The van der Waals surface area contributed by atoms with Crippen LogP contribution >= 0.6 is 0 Å². The normalized spacial score (nSPS) is 20.8. The molecule has 0 spiro atoms. The van der Waals surface area contributed by atoms with Crippen molar-refractivity contribution < 1.29 is 19.3 Å². The number of ether oxygens (including phenoxy) is 3. The Morgan fingerprint density at radius 1 is 1.33 bits per heavy atom. The van der Waals surface area contributed by atoms with Gasteiger partial charge in [-0.2, -0.15) is 0 Å². The number of aliphatic hydroxyl groups is 1. The minimum absolute atomic E-state index is 0.108. The summed E-state index contributed by atoms with van der Waals surface area (Å²) in [5.41, 5.74) is 6.25. The van der Waals surface area contributed by atoms with Gasteiger partial charge in [-0.05, 0) is 30.7 Å². The van der Waals surface area contributed by atoms with Crippen molar-refractivity contribution in [2.75, 3.05) is 32.2 Å². The third-order valence-corrected chi connectivity index (χ3v) is 2.73. The Hall–Kier alpha value is -1.30. The molecule has 1 aliphatic rings. The van der Waals surface area contributed by atoms with E-state index in [4.69, 9.17) is 19.9 Å². The molecule has 3 N–H and O–H groups in total. The number of anilines is 1. The largest absolute Gasteiger partial charge is 0.491 e. The van der Waals surface area contributed by atoms with Crippen molar-refractivity contribution in [3.05, 3.63) is 24.3 Å². The molecule has 5 heteroatoms. The molecule has 1 aromatic rings. The lowest BCUT2D eigenvalue weighted by Gasteiger charge is -2.15. The summed E-state index contributed by atoms with van der Waals surface area (Å²) < 4.78 is 16.1. The molecule has 1 heterocycles. The number of nitrogen functional groups attached to an aromatic ring is 1. The maximum Gasteiger partial charge on any atom is 0.119 e. The lowest BCUT2D eigenvalue weighted by atomic mass is 10.3. The van der Waals surface area contributed by atoms with Crippen LogP contribution in [-0.4, -0.2) is 43.7 Å². The van der Waals surface area contributed by atoms with Crippen LogP contribution < -0.4 is 10.5 Å². The maximum atomic E-state index is 9.71. The van der Waals surface area contributed by atoms with Crippen LogP contribution in [0.1, 0.15) is 6.42 Å². The van der Waals surface area contributed by atoms with Gasteiger partial charge < -0.3 is 25.1 Å². The van der Waals surface area contributed by atoms with Gasteiger partial charge in [0.05, 0.1) is 19.3 Å². The summed E-state index contributed by atoms with van der Waals surface area (Å²) in [5, 5.41) is 9.71. The summed E-state index contributed by atoms with van der Waals surface area (Å²) in [5.74, 6) is 0.687. The molecule has 1 aliphatic heterocycles. The molecule has 0 aromatic heterocycles. The number of hydrogen-bond acceptors (Lipinski definition) is 5. The molecule has 1 fully saturated rings. The molecule has 0 radical (unpaired) electrons. The third-order valence-electron chi connectivity index (χ3n) is 2.73. The van der Waals surface area contributed by atoms with Gasteiger partial charge in [-0.25, -0.2) is 0 Å². The molecule has 2 atom stereocenters. The first-order valence-electron chi connectivity index (χ1n) is 6.10. The Morgan fingerprint density at radius 3 is 2.78 bits per heavy atom.